The average molecular weight is 487 g/mol. The molecule has 1 heterocycles. The molecule has 0 spiro atoms. The number of halogens is 1. The zero-order valence-electron chi connectivity index (χ0n) is 25.1. The van der Waals surface area contributed by atoms with Crippen molar-refractivity contribution < 1.29 is 65.7 Å². The number of nitrogens with zero attached hydrogens (tertiary/aromatic N) is 1. The first kappa shape index (κ1) is 22.8. The number of aliphatic hydroxyl groups is 2. The van der Waals surface area contributed by atoms with Gasteiger partial charge in [0.15, 0.2) is 0 Å². The smallest absolute Gasteiger partial charge is 0.550 e. The van der Waals surface area contributed by atoms with Crippen molar-refractivity contribution in [1.29, 1.82) is 0 Å². The van der Waals surface area contributed by atoms with Gasteiger partial charge in [-0.2, -0.15) is 0 Å². The molecular weight excluding hydrogens is 448 g/mol. The molecule has 0 aliphatic carbocycles. The van der Waals surface area contributed by atoms with Crippen molar-refractivity contribution in [2.75, 3.05) is 7.04 Å². The number of aliphatic hydroxyl groups excluding tert-OH is 2. The number of methoxy groups -OCH3 is 1. The molecule has 1 aromatic heterocycles. The molecule has 2 aromatic rings. The maximum absolute atomic E-state index is 13.8. The summed E-state index contributed by atoms with van der Waals surface area (Å²) in [6.45, 7) is 4.40. The summed E-state index contributed by atoms with van der Waals surface area (Å²) in [5.41, 5.74) is 1.50. The van der Waals surface area contributed by atoms with Gasteiger partial charge in [0.25, 0.3) is 0 Å². The Morgan fingerprint density at radius 3 is 2.35 bits per heavy atom. The topological polar surface area (TPSA) is 103 Å². The number of aromatic nitrogens is 1. The minimum atomic E-state index is -3.09. The maximum Gasteiger partial charge on any atom is 1.00 e. The number of pyridine rings is 1. The first-order valence-electron chi connectivity index (χ1n) is 13.2. The van der Waals surface area contributed by atoms with E-state index in [4.69, 9.17) is 16.6 Å². The van der Waals surface area contributed by atoms with Gasteiger partial charge in [-0.05, 0) is 35.1 Å². The summed E-state index contributed by atoms with van der Waals surface area (Å²) in [6, 6.07) is 5.21. The normalized spacial score (nSPS) is 16.3. The van der Waals surface area contributed by atoms with Crippen LogP contribution in [0.15, 0.2) is 30.3 Å². The fraction of sp³-hybridized carbons (Fsp3) is 0.462. The van der Waals surface area contributed by atoms with E-state index >= 15 is 0 Å². The zero-order chi connectivity index (χ0) is 29.0. The zero-order valence-corrected chi connectivity index (χ0v) is 22.1. The van der Waals surface area contributed by atoms with Gasteiger partial charge in [-0.3, -0.25) is 4.98 Å². The van der Waals surface area contributed by atoms with Gasteiger partial charge in [-0.15, -0.1) is 0 Å². The molecular formula is C26H33FNNaO5. The van der Waals surface area contributed by atoms with E-state index in [1.807, 2.05) is 13.8 Å². The van der Waals surface area contributed by atoms with Gasteiger partial charge in [0.1, 0.15) is 5.82 Å². The van der Waals surface area contributed by atoms with Crippen LogP contribution in [0.4, 0.5) is 4.39 Å². The summed E-state index contributed by atoms with van der Waals surface area (Å²) >= 11 is 0. The summed E-state index contributed by atoms with van der Waals surface area (Å²) in [4.78, 5) is 15.4. The number of carbonyl (C=O) groups is 1. The molecule has 0 saturated carbocycles. The van der Waals surface area contributed by atoms with Gasteiger partial charge < -0.3 is 24.9 Å². The Hall–Kier alpha value is -1.61. The van der Waals surface area contributed by atoms with E-state index in [0.29, 0.717) is 16.8 Å². The summed E-state index contributed by atoms with van der Waals surface area (Å²) in [7, 11) is -3.09. The van der Waals surface area contributed by atoms with Crippen molar-refractivity contribution in [3.05, 3.63) is 58.7 Å². The molecule has 180 valence electrons. The Labute approximate surface area is 230 Å². The van der Waals surface area contributed by atoms with Gasteiger partial charge in [0, 0.05) is 42.7 Å². The second-order valence-corrected chi connectivity index (χ2v) is 8.46. The van der Waals surface area contributed by atoms with Crippen molar-refractivity contribution in [3.8, 4) is 11.1 Å². The third-order valence-electron chi connectivity index (χ3n) is 5.07. The van der Waals surface area contributed by atoms with Crippen LogP contribution >= 0.6 is 0 Å². The molecule has 8 heteroatoms. The van der Waals surface area contributed by atoms with Crippen LogP contribution in [0.1, 0.15) is 81.7 Å². The van der Waals surface area contributed by atoms with E-state index in [-0.39, 0.29) is 64.6 Å². The maximum atomic E-state index is 13.8. The fourth-order valence-electron chi connectivity index (χ4n) is 3.57. The van der Waals surface area contributed by atoms with Gasteiger partial charge in [-0.25, -0.2) is 4.39 Å². The van der Waals surface area contributed by atoms with Crippen molar-refractivity contribution in [1.82, 2.24) is 4.98 Å². The van der Waals surface area contributed by atoms with Crippen LogP contribution in [0, 0.1) is 5.82 Å². The molecule has 0 aliphatic heterocycles. The van der Waals surface area contributed by atoms with E-state index in [2.05, 4.69) is 0 Å². The van der Waals surface area contributed by atoms with E-state index in [1.54, 1.807) is 13.8 Å². The minimum absolute atomic E-state index is 0. The van der Waals surface area contributed by atoms with Crippen LogP contribution in [0.25, 0.3) is 17.2 Å². The van der Waals surface area contributed by atoms with Gasteiger partial charge in [0.2, 0.25) is 0 Å². The molecule has 6 nitrogen and oxygen atoms in total. The number of carbonyl (C=O) groups excluding carboxylic acids is 1. The second-order valence-electron chi connectivity index (χ2n) is 8.46. The predicted octanol–water partition coefficient (Wildman–Crippen LogP) is 0.550. The van der Waals surface area contributed by atoms with Gasteiger partial charge in [0.05, 0.1) is 31.3 Å². The molecule has 0 unspecified atom stereocenters. The SMILES string of the molecule is [2H]C([2H])([2H])OC([2H])([2H])c1c(C(C)C)nc(C(C)C)c(/C=C/[C@@H](O)C[C@@H](O)CC(=O)[O-])c1-c1ccc(F)cc1.[Na+]. The largest absolute Gasteiger partial charge is 1.00 e. The first-order valence-corrected chi connectivity index (χ1v) is 10.7. The number of ether oxygens (including phenoxy) is 1. The number of hydrogen-bond acceptors (Lipinski definition) is 6. The summed E-state index contributed by atoms with van der Waals surface area (Å²) < 4.78 is 58.6. The summed E-state index contributed by atoms with van der Waals surface area (Å²) in [5.74, 6) is -2.58. The van der Waals surface area contributed by atoms with E-state index in [0.717, 1.165) is 0 Å². The number of rotatable bonds is 11. The molecule has 34 heavy (non-hydrogen) atoms. The molecule has 2 atom stereocenters. The number of carboxylic acids is 1. The van der Waals surface area contributed by atoms with Crippen molar-refractivity contribution in [2.24, 2.45) is 0 Å². The minimum Gasteiger partial charge on any atom is -0.550 e. The Bertz CT molecular complexity index is 1160. The number of benzene rings is 1. The number of aliphatic carboxylic acids is 1. The summed E-state index contributed by atoms with van der Waals surface area (Å²) in [5, 5.41) is 31.0. The Balaban J connectivity index is 0.00000760. The van der Waals surface area contributed by atoms with E-state index in [1.165, 1.54) is 36.4 Å². The molecule has 0 saturated heterocycles. The molecule has 0 fully saturated rings. The standard InChI is InChI=1S/C26H34FNO5.Na/c1-15(2)25-21(11-10-19(29)12-20(30)13-23(31)32)24(17-6-8-18(27)9-7-17)22(14-33-5)26(28-25)16(3)4;/h6-11,15-16,19-20,29-30H,12-14H2,1-5H3,(H,31,32);/q;+1/p-1/b11-10+;/t19-,20-;/m1./s1/i5D3,14D2;. The molecule has 0 aliphatic rings. The second kappa shape index (κ2) is 14.1. The molecule has 2 N–H and O–H groups in total. The van der Waals surface area contributed by atoms with Crippen molar-refractivity contribution >= 4 is 12.0 Å². The molecule has 0 bridgehead atoms. The third-order valence-corrected chi connectivity index (χ3v) is 5.07. The van der Waals surface area contributed by atoms with Crippen LogP contribution in [0.2, 0.25) is 0 Å². The Morgan fingerprint density at radius 2 is 1.82 bits per heavy atom. The van der Waals surface area contributed by atoms with Crippen LogP contribution in [0.3, 0.4) is 0 Å². The van der Waals surface area contributed by atoms with Crippen LogP contribution in [0.5, 0.6) is 0 Å². The van der Waals surface area contributed by atoms with Gasteiger partial charge in [-0.1, -0.05) is 52.0 Å². The molecule has 0 radical (unpaired) electrons. The van der Waals surface area contributed by atoms with Gasteiger partial charge >= 0.3 is 29.6 Å². The van der Waals surface area contributed by atoms with E-state index in [9.17, 15) is 24.5 Å². The Kier molecular flexibility index (Phi) is 9.45. The van der Waals surface area contributed by atoms with Crippen LogP contribution in [-0.2, 0) is 16.1 Å². The Morgan fingerprint density at radius 1 is 1.21 bits per heavy atom. The van der Waals surface area contributed by atoms with Crippen LogP contribution in [-0.4, -0.2) is 40.4 Å². The molecule has 2 rings (SSSR count). The van der Waals surface area contributed by atoms with Crippen LogP contribution < -0.4 is 34.7 Å². The summed E-state index contributed by atoms with van der Waals surface area (Å²) in [6.07, 6.45) is -0.858. The van der Waals surface area contributed by atoms with Crippen molar-refractivity contribution in [2.45, 2.75) is 71.1 Å². The fourth-order valence-corrected chi connectivity index (χ4v) is 3.57. The van der Waals surface area contributed by atoms with E-state index < -0.39 is 44.0 Å². The quantitative estimate of drug-likeness (QED) is 0.450. The number of carboxylic acid groups (broad SMARTS) is 1. The first-order chi connectivity index (χ1) is 17.4. The monoisotopic (exact) mass is 486 g/mol. The molecule has 1 aromatic carbocycles. The molecule has 0 amide bonds. The average Bonchev–Trinajstić information content (AvgIpc) is 2.74. The third kappa shape index (κ3) is 8.26. The van der Waals surface area contributed by atoms with Crippen molar-refractivity contribution in [3.63, 3.8) is 0 Å². The predicted molar refractivity (Wildman–Crippen MR) is 124 cm³/mol. The number of hydrogen-bond donors (Lipinski definition) is 2.